The van der Waals surface area contributed by atoms with Crippen LogP contribution >= 0.6 is 11.6 Å². The van der Waals surface area contributed by atoms with E-state index in [0.29, 0.717) is 12.6 Å². The van der Waals surface area contributed by atoms with Gasteiger partial charge in [-0.1, -0.05) is 54.8 Å². The molecule has 0 unspecified atom stereocenters. The molecule has 2 aromatic rings. The van der Waals surface area contributed by atoms with Crippen LogP contribution in [0.2, 0.25) is 5.02 Å². The van der Waals surface area contributed by atoms with Crippen molar-refractivity contribution in [2.45, 2.75) is 44.9 Å². The molecule has 1 saturated carbocycles. The first-order valence-corrected chi connectivity index (χ1v) is 8.37. The first-order chi connectivity index (χ1) is 10.8. The molecule has 0 atom stereocenters. The lowest BCUT2D eigenvalue weighted by atomic mass is 10.1. The smallest absolute Gasteiger partial charge is 0.124 e. The molecule has 0 bridgehead atoms. The molecule has 3 rings (SSSR count). The van der Waals surface area contributed by atoms with E-state index in [4.69, 9.17) is 16.3 Å². The molecule has 1 aliphatic rings. The lowest BCUT2D eigenvalue weighted by Crippen LogP contribution is -2.25. The van der Waals surface area contributed by atoms with Gasteiger partial charge in [0.05, 0.1) is 0 Å². The Morgan fingerprint density at radius 3 is 2.59 bits per heavy atom. The van der Waals surface area contributed by atoms with Crippen molar-refractivity contribution in [1.82, 2.24) is 5.32 Å². The van der Waals surface area contributed by atoms with Gasteiger partial charge < -0.3 is 10.1 Å². The highest BCUT2D eigenvalue weighted by Gasteiger charge is 2.15. The largest absolute Gasteiger partial charge is 0.489 e. The third kappa shape index (κ3) is 4.25. The van der Waals surface area contributed by atoms with Crippen LogP contribution in [0.3, 0.4) is 0 Å². The zero-order valence-electron chi connectivity index (χ0n) is 12.7. The second-order valence-electron chi connectivity index (χ2n) is 5.89. The molecule has 0 amide bonds. The molecule has 116 valence electrons. The summed E-state index contributed by atoms with van der Waals surface area (Å²) < 4.78 is 5.99. The summed E-state index contributed by atoms with van der Waals surface area (Å²) in [6.45, 7) is 1.40. The van der Waals surface area contributed by atoms with Crippen molar-refractivity contribution in [3.63, 3.8) is 0 Å². The van der Waals surface area contributed by atoms with Gasteiger partial charge in [0.1, 0.15) is 12.4 Å². The minimum absolute atomic E-state index is 0.582. The number of benzene rings is 2. The van der Waals surface area contributed by atoms with Gasteiger partial charge in [-0.25, -0.2) is 0 Å². The molecule has 22 heavy (non-hydrogen) atoms. The number of halogens is 1. The zero-order valence-corrected chi connectivity index (χ0v) is 13.5. The number of hydrogen-bond donors (Lipinski definition) is 1. The van der Waals surface area contributed by atoms with E-state index in [1.807, 2.05) is 36.4 Å². The number of nitrogens with one attached hydrogen (secondary N) is 1. The Labute approximate surface area is 137 Å². The average Bonchev–Trinajstić information content (AvgIpc) is 3.06. The van der Waals surface area contributed by atoms with Gasteiger partial charge in [0.25, 0.3) is 0 Å². The van der Waals surface area contributed by atoms with Gasteiger partial charge in [0.2, 0.25) is 0 Å². The molecule has 0 radical (unpaired) electrons. The topological polar surface area (TPSA) is 21.3 Å². The van der Waals surface area contributed by atoms with Crippen LogP contribution < -0.4 is 10.1 Å². The quantitative estimate of drug-likeness (QED) is 0.814. The minimum Gasteiger partial charge on any atom is -0.489 e. The summed E-state index contributed by atoms with van der Waals surface area (Å²) in [7, 11) is 0. The third-order valence-electron chi connectivity index (χ3n) is 4.20. The first kappa shape index (κ1) is 15.4. The molecule has 2 nitrogen and oxygen atoms in total. The molecule has 0 heterocycles. The Morgan fingerprint density at radius 2 is 1.82 bits per heavy atom. The van der Waals surface area contributed by atoms with E-state index in [9.17, 15) is 0 Å². The van der Waals surface area contributed by atoms with Gasteiger partial charge in [-0.3, -0.25) is 0 Å². The number of ether oxygens (including phenoxy) is 1. The van der Waals surface area contributed by atoms with Gasteiger partial charge in [0, 0.05) is 23.2 Å². The highest BCUT2D eigenvalue weighted by Crippen LogP contribution is 2.25. The van der Waals surface area contributed by atoms with E-state index in [0.717, 1.165) is 22.9 Å². The summed E-state index contributed by atoms with van der Waals surface area (Å²) in [4.78, 5) is 0. The summed E-state index contributed by atoms with van der Waals surface area (Å²) in [6.07, 6.45) is 5.23. The van der Waals surface area contributed by atoms with Crippen LogP contribution in [0.4, 0.5) is 0 Å². The van der Waals surface area contributed by atoms with Gasteiger partial charge in [-0.15, -0.1) is 0 Å². The average molecular weight is 316 g/mol. The Hall–Kier alpha value is -1.51. The van der Waals surface area contributed by atoms with E-state index in [2.05, 4.69) is 17.4 Å². The van der Waals surface area contributed by atoms with E-state index < -0.39 is 0 Å². The van der Waals surface area contributed by atoms with Crippen LogP contribution in [0.5, 0.6) is 5.75 Å². The van der Waals surface area contributed by atoms with Crippen LogP contribution in [-0.2, 0) is 13.2 Å². The van der Waals surface area contributed by atoms with E-state index in [1.165, 1.54) is 31.2 Å². The fraction of sp³-hybridized carbons (Fsp3) is 0.368. The van der Waals surface area contributed by atoms with Crippen molar-refractivity contribution in [2.75, 3.05) is 0 Å². The normalized spacial score (nSPS) is 15.1. The maximum absolute atomic E-state index is 6.15. The molecule has 0 spiro atoms. The van der Waals surface area contributed by atoms with Crippen molar-refractivity contribution in [1.29, 1.82) is 0 Å². The molecular weight excluding hydrogens is 294 g/mol. The van der Waals surface area contributed by atoms with Crippen molar-refractivity contribution >= 4 is 11.6 Å². The summed E-state index contributed by atoms with van der Waals surface area (Å²) in [5.41, 5.74) is 2.31. The van der Waals surface area contributed by atoms with Crippen LogP contribution in [0.25, 0.3) is 0 Å². The summed E-state index contributed by atoms with van der Waals surface area (Å²) >= 11 is 6.15. The molecule has 1 N–H and O–H groups in total. The van der Waals surface area contributed by atoms with E-state index in [1.54, 1.807) is 0 Å². The predicted octanol–water partition coefficient (Wildman–Crippen LogP) is 4.95. The van der Waals surface area contributed by atoms with E-state index in [-0.39, 0.29) is 0 Å². The molecule has 3 heteroatoms. The van der Waals surface area contributed by atoms with Crippen molar-refractivity contribution in [2.24, 2.45) is 0 Å². The monoisotopic (exact) mass is 315 g/mol. The zero-order chi connectivity index (χ0) is 15.2. The lowest BCUT2D eigenvalue weighted by molar-refractivity contribution is 0.301. The van der Waals surface area contributed by atoms with Crippen LogP contribution in [-0.4, -0.2) is 6.04 Å². The second kappa shape index (κ2) is 7.66. The Balaban J connectivity index is 1.64. The molecule has 0 aliphatic heterocycles. The molecule has 0 saturated heterocycles. The fourth-order valence-electron chi connectivity index (χ4n) is 2.95. The SMILES string of the molecule is Clc1ccc(OCc2ccccc2)c(CNC2CCCC2)c1. The van der Waals surface area contributed by atoms with E-state index >= 15 is 0 Å². The van der Waals surface area contributed by atoms with Crippen molar-refractivity contribution < 1.29 is 4.74 Å². The van der Waals surface area contributed by atoms with Crippen LogP contribution in [0.15, 0.2) is 48.5 Å². The highest BCUT2D eigenvalue weighted by atomic mass is 35.5. The standard InChI is InChI=1S/C19H22ClNO/c20-17-10-11-19(22-14-15-6-2-1-3-7-15)16(12-17)13-21-18-8-4-5-9-18/h1-3,6-7,10-12,18,21H,4-5,8-9,13-14H2. The fourth-order valence-corrected chi connectivity index (χ4v) is 3.14. The molecule has 1 fully saturated rings. The summed E-state index contributed by atoms with van der Waals surface area (Å²) in [5, 5.41) is 4.38. The number of rotatable bonds is 6. The predicted molar refractivity (Wildman–Crippen MR) is 91.3 cm³/mol. The maximum atomic E-state index is 6.15. The Bertz CT molecular complexity index is 594. The maximum Gasteiger partial charge on any atom is 0.124 e. The minimum atomic E-state index is 0.582. The van der Waals surface area contributed by atoms with Crippen LogP contribution in [0, 0.1) is 0 Å². The van der Waals surface area contributed by atoms with Gasteiger partial charge >= 0.3 is 0 Å². The Morgan fingerprint density at radius 1 is 1.05 bits per heavy atom. The van der Waals surface area contributed by atoms with Crippen molar-refractivity contribution in [3.05, 3.63) is 64.7 Å². The van der Waals surface area contributed by atoms with Crippen molar-refractivity contribution in [3.8, 4) is 5.75 Å². The van der Waals surface area contributed by atoms with Gasteiger partial charge in [-0.05, 0) is 36.6 Å². The lowest BCUT2D eigenvalue weighted by Gasteiger charge is -2.16. The van der Waals surface area contributed by atoms with Crippen LogP contribution in [0.1, 0.15) is 36.8 Å². The summed E-state index contributed by atoms with van der Waals surface area (Å²) in [5.74, 6) is 0.916. The molecule has 2 aromatic carbocycles. The van der Waals surface area contributed by atoms with Gasteiger partial charge in [0.15, 0.2) is 0 Å². The molecule has 1 aliphatic carbocycles. The molecule has 0 aromatic heterocycles. The Kier molecular flexibility index (Phi) is 5.36. The number of hydrogen-bond acceptors (Lipinski definition) is 2. The second-order valence-corrected chi connectivity index (χ2v) is 6.33. The molecular formula is C19H22ClNO. The summed E-state index contributed by atoms with van der Waals surface area (Å²) in [6, 6.07) is 16.7. The van der Waals surface area contributed by atoms with Gasteiger partial charge in [-0.2, -0.15) is 0 Å². The third-order valence-corrected chi connectivity index (χ3v) is 4.43. The first-order valence-electron chi connectivity index (χ1n) is 8.00. The highest BCUT2D eigenvalue weighted by molar-refractivity contribution is 6.30.